The Bertz CT molecular complexity index is 758. The first kappa shape index (κ1) is 20.2. The quantitative estimate of drug-likeness (QED) is 0.721. The molecular weight excluding hydrogens is 358 g/mol. The third kappa shape index (κ3) is 4.47. The van der Waals surface area contributed by atoms with Crippen molar-refractivity contribution in [2.45, 2.75) is 19.4 Å². The summed E-state index contributed by atoms with van der Waals surface area (Å²) in [6, 6.07) is 5.42. The van der Waals surface area contributed by atoms with Crippen molar-refractivity contribution >= 4 is 17.5 Å². The van der Waals surface area contributed by atoms with Gasteiger partial charge in [0.25, 0.3) is 5.91 Å². The Labute approximate surface area is 166 Å². The van der Waals surface area contributed by atoms with Crippen LogP contribution in [0.15, 0.2) is 30.4 Å². The molecule has 2 aliphatic heterocycles. The number of rotatable bonds is 5. The van der Waals surface area contributed by atoms with E-state index in [1.807, 2.05) is 35.9 Å². The van der Waals surface area contributed by atoms with Gasteiger partial charge < -0.3 is 24.2 Å². The summed E-state index contributed by atoms with van der Waals surface area (Å²) >= 11 is 0. The largest absolute Gasteiger partial charge is 0.489 e. The molecule has 2 amide bonds. The average molecular weight is 387 g/mol. The highest BCUT2D eigenvalue weighted by Crippen LogP contribution is 2.35. The Kier molecular flexibility index (Phi) is 6.24. The van der Waals surface area contributed by atoms with Crippen LogP contribution in [-0.2, 0) is 9.53 Å². The lowest BCUT2D eigenvalue weighted by molar-refractivity contribution is -0.130. The Balaban J connectivity index is 1.72. The zero-order chi connectivity index (χ0) is 20.3. The summed E-state index contributed by atoms with van der Waals surface area (Å²) in [5.41, 5.74) is 2.41. The van der Waals surface area contributed by atoms with E-state index in [-0.39, 0.29) is 17.9 Å². The number of benzene rings is 1. The molecule has 28 heavy (non-hydrogen) atoms. The SMILES string of the molecule is C=C(C)CN(C)C(=O)C[C@@H]1COc2ccc(C(=O)N3CCOCC3)cc2N1C. The zero-order valence-corrected chi connectivity index (χ0v) is 16.9. The summed E-state index contributed by atoms with van der Waals surface area (Å²) in [6.45, 7) is 9.10. The lowest BCUT2D eigenvalue weighted by atomic mass is 10.1. The van der Waals surface area contributed by atoms with Crippen LogP contribution in [0.4, 0.5) is 5.69 Å². The molecule has 0 N–H and O–H groups in total. The number of fused-ring (bicyclic) bond motifs is 1. The Hall–Kier alpha value is -2.54. The van der Waals surface area contributed by atoms with Gasteiger partial charge >= 0.3 is 0 Å². The van der Waals surface area contributed by atoms with Gasteiger partial charge in [0.15, 0.2) is 0 Å². The number of carbonyl (C=O) groups is 2. The minimum absolute atomic E-state index is 0.00103. The van der Waals surface area contributed by atoms with Crippen LogP contribution in [0.3, 0.4) is 0 Å². The van der Waals surface area contributed by atoms with Crippen molar-refractivity contribution in [2.24, 2.45) is 0 Å². The Morgan fingerprint density at radius 2 is 2.00 bits per heavy atom. The first-order valence-electron chi connectivity index (χ1n) is 9.62. The molecule has 1 saturated heterocycles. The van der Waals surface area contributed by atoms with Gasteiger partial charge in [-0.3, -0.25) is 9.59 Å². The van der Waals surface area contributed by atoms with Crippen LogP contribution in [0.5, 0.6) is 5.75 Å². The fourth-order valence-electron chi connectivity index (χ4n) is 3.54. The first-order valence-corrected chi connectivity index (χ1v) is 9.62. The van der Waals surface area contributed by atoms with Crippen molar-refractivity contribution in [1.29, 1.82) is 0 Å². The minimum Gasteiger partial charge on any atom is -0.489 e. The average Bonchev–Trinajstić information content (AvgIpc) is 2.69. The molecule has 0 spiro atoms. The van der Waals surface area contributed by atoms with Crippen LogP contribution in [0.2, 0.25) is 0 Å². The maximum absolute atomic E-state index is 12.8. The van der Waals surface area contributed by atoms with Crippen molar-refractivity contribution in [3.8, 4) is 5.75 Å². The minimum atomic E-state index is -0.0821. The second-order valence-electron chi connectivity index (χ2n) is 7.57. The van der Waals surface area contributed by atoms with Gasteiger partial charge in [-0.2, -0.15) is 0 Å². The number of amides is 2. The van der Waals surface area contributed by atoms with Gasteiger partial charge in [0.2, 0.25) is 5.91 Å². The van der Waals surface area contributed by atoms with Gasteiger partial charge in [-0.15, -0.1) is 0 Å². The number of hydrogen-bond acceptors (Lipinski definition) is 5. The number of ether oxygens (including phenoxy) is 2. The smallest absolute Gasteiger partial charge is 0.254 e. The van der Waals surface area contributed by atoms with Crippen LogP contribution in [0.1, 0.15) is 23.7 Å². The predicted molar refractivity (Wildman–Crippen MR) is 108 cm³/mol. The van der Waals surface area contributed by atoms with Gasteiger partial charge in [0, 0.05) is 39.3 Å². The third-order valence-corrected chi connectivity index (χ3v) is 5.21. The van der Waals surface area contributed by atoms with Crippen LogP contribution < -0.4 is 9.64 Å². The summed E-state index contributed by atoms with van der Waals surface area (Å²) in [6.07, 6.45) is 0.349. The number of carbonyl (C=O) groups excluding carboxylic acids is 2. The molecule has 1 aromatic carbocycles. The molecular formula is C21H29N3O4. The van der Waals surface area contributed by atoms with E-state index in [0.29, 0.717) is 51.4 Å². The van der Waals surface area contributed by atoms with Crippen molar-refractivity contribution in [3.63, 3.8) is 0 Å². The van der Waals surface area contributed by atoms with E-state index in [1.165, 1.54) is 0 Å². The summed E-state index contributed by atoms with van der Waals surface area (Å²) in [7, 11) is 3.73. The highest BCUT2D eigenvalue weighted by atomic mass is 16.5. The lowest BCUT2D eigenvalue weighted by Crippen LogP contribution is -2.44. The zero-order valence-electron chi connectivity index (χ0n) is 16.9. The predicted octanol–water partition coefficient (Wildman–Crippen LogP) is 1.78. The number of nitrogens with zero attached hydrogens (tertiary/aromatic N) is 3. The van der Waals surface area contributed by atoms with Crippen molar-refractivity contribution in [2.75, 3.05) is 58.5 Å². The van der Waals surface area contributed by atoms with Crippen LogP contribution >= 0.6 is 0 Å². The van der Waals surface area contributed by atoms with Crippen LogP contribution in [0, 0.1) is 0 Å². The molecule has 7 nitrogen and oxygen atoms in total. The highest BCUT2D eigenvalue weighted by molar-refractivity contribution is 5.96. The third-order valence-electron chi connectivity index (χ3n) is 5.21. The van der Waals surface area contributed by atoms with Gasteiger partial charge in [-0.25, -0.2) is 0 Å². The fraction of sp³-hybridized carbons (Fsp3) is 0.524. The summed E-state index contributed by atoms with van der Waals surface area (Å²) < 4.78 is 11.2. The maximum atomic E-state index is 12.8. The maximum Gasteiger partial charge on any atom is 0.254 e. The van der Waals surface area contributed by atoms with E-state index >= 15 is 0 Å². The monoisotopic (exact) mass is 387 g/mol. The molecule has 1 atom stereocenters. The number of morpholine rings is 1. The number of likely N-dealkylation sites (N-methyl/N-ethyl adjacent to an activating group) is 2. The second-order valence-corrected chi connectivity index (χ2v) is 7.57. The topological polar surface area (TPSA) is 62.3 Å². The van der Waals surface area contributed by atoms with Crippen LogP contribution in [0.25, 0.3) is 0 Å². The molecule has 2 heterocycles. The molecule has 0 saturated carbocycles. The van der Waals surface area contributed by atoms with Crippen molar-refractivity contribution < 1.29 is 19.1 Å². The molecule has 2 aliphatic rings. The molecule has 1 fully saturated rings. The standard InChI is InChI=1S/C21H29N3O4/c1-15(2)13-22(3)20(25)12-17-14-28-19-6-5-16(11-18(19)23(17)4)21(26)24-7-9-27-10-8-24/h5-6,11,17H,1,7-10,12-14H2,2-4H3/t17-/m1/s1. The van der Waals surface area contributed by atoms with E-state index in [1.54, 1.807) is 18.0 Å². The van der Waals surface area contributed by atoms with Gasteiger partial charge in [0.1, 0.15) is 12.4 Å². The molecule has 0 unspecified atom stereocenters. The van der Waals surface area contributed by atoms with E-state index in [4.69, 9.17) is 9.47 Å². The summed E-state index contributed by atoms with van der Waals surface area (Å²) in [5.74, 6) is 0.784. The molecule has 152 valence electrons. The summed E-state index contributed by atoms with van der Waals surface area (Å²) in [4.78, 5) is 30.8. The second kappa shape index (κ2) is 8.65. The van der Waals surface area contributed by atoms with Crippen LogP contribution in [-0.4, -0.2) is 81.2 Å². The van der Waals surface area contributed by atoms with Crippen molar-refractivity contribution in [3.05, 3.63) is 35.9 Å². The first-order chi connectivity index (χ1) is 13.4. The molecule has 0 aromatic heterocycles. The molecule has 0 aliphatic carbocycles. The van der Waals surface area contributed by atoms with Crippen molar-refractivity contribution in [1.82, 2.24) is 9.80 Å². The fourth-order valence-corrected chi connectivity index (χ4v) is 3.54. The number of anilines is 1. The van der Waals surface area contributed by atoms with Gasteiger partial charge in [-0.1, -0.05) is 12.2 Å². The van der Waals surface area contributed by atoms with E-state index in [9.17, 15) is 9.59 Å². The summed E-state index contributed by atoms with van der Waals surface area (Å²) in [5, 5.41) is 0. The lowest BCUT2D eigenvalue weighted by Gasteiger charge is -2.36. The van der Waals surface area contributed by atoms with Gasteiger partial charge in [-0.05, 0) is 25.1 Å². The Morgan fingerprint density at radius 3 is 2.68 bits per heavy atom. The van der Waals surface area contributed by atoms with E-state index < -0.39 is 0 Å². The highest BCUT2D eigenvalue weighted by Gasteiger charge is 2.29. The van der Waals surface area contributed by atoms with Gasteiger partial charge in [0.05, 0.1) is 31.4 Å². The normalized spacial score (nSPS) is 18.9. The molecule has 0 bridgehead atoms. The molecule has 0 radical (unpaired) electrons. The molecule has 1 aromatic rings. The number of hydrogen-bond donors (Lipinski definition) is 0. The Morgan fingerprint density at radius 1 is 1.29 bits per heavy atom. The molecule has 3 rings (SSSR count). The molecule has 7 heteroatoms. The van der Waals surface area contributed by atoms with E-state index in [0.717, 1.165) is 17.0 Å². The van der Waals surface area contributed by atoms with E-state index in [2.05, 4.69) is 6.58 Å².